The quantitative estimate of drug-likeness (QED) is 0.857. The van der Waals surface area contributed by atoms with Crippen LogP contribution in [0.5, 0.6) is 0 Å². The third-order valence-corrected chi connectivity index (χ3v) is 2.92. The summed E-state index contributed by atoms with van der Waals surface area (Å²) in [5, 5.41) is 3.95. The minimum absolute atomic E-state index is 0.149. The fourth-order valence-corrected chi connectivity index (χ4v) is 2.08. The van der Waals surface area contributed by atoms with Crippen molar-refractivity contribution in [3.8, 4) is 0 Å². The van der Waals surface area contributed by atoms with Crippen molar-refractivity contribution in [3.63, 3.8) is 0 Å². The lowest BCUT2D eigenvalue weighted by Crippen LogP contribution is -2.40. The van der Waals surface area contributed by atoms with Gasteiger partial charge in [0.25, 0.3) is 5.91 Å². The number of carbonyl (C=O) groups excluding carboxylic acids is 1. The van der Waals surface area contributed by atoms with Crippen molar-refractivity contribution in [1.82, 2.24) is 9.78 Å². The van der Waals surface area contributed by atoms with Gasteiger partial charge in [-0.3, -0.25) is 14.4 Å². The van der Waals surface area contributed by atoms with Crippen LogP contribution in [0.2, 0.25) is 0 Å². The van der Waals surface area contributed by atoms with Gasteiger partial charge in [-0.15, -0.1) is 0 Å². The largest absolute Gasteiger partial charge is 0.376 e. The van der Waals surface area contributed by atoms with E-state index >= 15 is 0 Å². The molecule has 0 saturated carbocycles. The summed E-state index contributed by atoms with van der Waals surface area (Å²) >= 11 is 4.90. The SMILES string of the molecule is Cc1nn(C)cc1C(=O)N(C(N)=S)c1cccc(F)c1. The Bertz CT molecular complexity index is 683. The van der Waals surface area contributed by atoms with E-state index in [0.717, 1.165) is 4.90 Å². The second-order valence-corrected chi connectivity index (χ2v) is 4.68. The Morgan fingerprint density at radius 1 is 1.50 bits per heavy atom. The fraction of sp³-hybridized carbons (Fsp3) is 0.154. The zero-order valence-electron chi connectivity index (χ0n) is 11.0. The number of aryl methyl sites for hydroxylation is 2. The highest BCUT2D eigenvalue weighted by atomic mass is 32.1. The van der Waals surface area contributed by atoms with Crippen molar-refractivity contribution in [3.05, 3.63) is 47.5 Å². The van der Waals surface area contributed by atoms with Crippen LogP contribution in [0.3, 0.4) is 0 Å². The molecule has 20 heavy (non-hydrogen) atoms. The van der Waals surface area contributed by atoms with Gasteiger partial charge in [-0.2, -0.15) is 5.10 Å². The van der Waals surface area contributed by atoms with Gasteiger partial charge in [0.05, 0.1) is 16.9 Å². The molecular formula is C13H13FN4OS. The van der Waals surface area contributed by atoms with Crippen LogP contribution in [0.4, 0.5) is 10.1 Å². The molecule has 0 bridgehead atoms. The Labute approximate surface area is 120 Å². The zero-order chi connectivity index (χ0) is 14.9. The number of nitrogens with zero attached hydrogens (tertiary/aromatic N) is 3. The Morgan fingerprint density at radius 2 is 2.20 bits per heavy atom. The van der Waals surface area contributed by atoms with Crippen LogP contribution in [-0.4, -0.2) is 20.8 Å². The molecule has 5 nitrogen and oxygen atoms in total. The number of anilines is 1. The molecule has 1 heterocycles. The lowest BCUT2D eigenvalue weighted by Gasteiger charge is -2.20. The molecule has 0 aliphatic carbocycles. The Kier molecular flexibility index (Phi) is 3.80. The monoisotopic (exact) mass is 292 g/mol. The van der Waals surface area contributed by atoms with Crippen molar-refractivity contribution >= 4 is 28.9 Å². The van der Waals surface area contributed by atoms with Crippen LogP contribution in [0, 0.1) is 12.7 Å². The van der Waals surface area contributed by atoms with Gasteiger partial charge in [0, 0.05) is 13.2 Å². The van der Waals surface area contributed by atoms with Crippen LogP contribution < -0.4 is 10.6 Å². The van der Waals surface area contributed by atoms with Crippen LogP contribution in [0.1, 0.15) is 16.1 Å². The molecule has 1 aromatic carbocycles. The standard InChI is InChI=1S/C13H13FN4OS/c1-8-11(7-17(2)16-8)12(19)18(13(15)20)10-5-3-4-9(14)6-10/h3-7H,1-2H3,(H2,15,20). The summed E-state index contributed by atoms with van der Waals surface area (Å²) in [6.07, 6.45) is 1.57. The highest BCUT2D eigenvalue weighted by Gasteiger charge is 2.23. The average Bonchev–Trinajstić information content (AvgIpc) is 2.68. The van der Waals surface area contributed by atoms with Crippen molar-refractivity contribution in [2.45, 2.75) is 6.92 Å². The first-order valence-corrected chi connectivity index (χ1v) is 6.20. The summed E-state index contributed by atoms with van der Waals surface area (Å²) in [6.45, 7) is 1.70. The van der Waals surface area contributed by atoms with E-state index < -0.39 is 11.7 Å². The van der Waals surface area contributed by atoms with Crippen LogP contribution in [-0.2, 0) is 7.05 Å². The molecule has 1 amide bonds. The maximum Gasteiger partial charge on any atom is 0.268 e. The van der Waals surface area contributed by atoms with Crippen molar-refractivity contribution in [2.75, 3.05) is 4.90 Å². The number of rotatable bonds is 2. The first-order valence-electron chi connectivity index (χ1n) is 5.80. The molecule has 0 aliphatic rings. The van der Waals surface area contributed by atoms with Crippen LogP contribution in [0.15, 0.2) is 30.5 Å². The van der Waals surface area contributed by atoms with Gasteiger partial charge >= 0.3 is 0 Å². The molecule has 104 valence electrons. The van der Waals surface area contributed by atoms with E-state index in [-0.39, 0.29) is 10.8 Å². The van der Waals surface area contributed by atoms with Gasteiger partial charge in [0.2, 0.25) is 0 Å². The number of amides is 1. The highest BCUT2D eigenvalue weighted by molar-refractivity contribution is 7.80. The molecule has 7 heteroatoms. The predicted octanol–water partition coefficient (Wildman–Crippen LogP) is 1.76. The Balaban J connectivity index is 2.47. The normalized spacial score (nSPS) is 10.3. The molecule has 0 atom stereocenters. The summed E-state index contributed by atoms with van der Waals surface area (Å²) in [5.74, 6) is -0.909. The maximum atomic E-state index is 13.3. The molecule has 0 fully saturated rings. The molecule has 2 aromatic rings. The smallest absolute Gasteiger partial charge is 0.268 e. The van der Waals surface area contributed by atoms with Gasteiger partial charge in [-0.25, -0.2) is 4.39 Å². The lowest BCUT2D eigenvalue weighted by atomic mass is 10.2. The first-order chi connectivity index (χ1) is 9.40. The Morgan fingerprint density at radius 3 is 2.70 bits per heavy atom. The minimum Gasteiger partial charge on any atom is -0.376 e. The molecule has 2 N–H and O–H groups in total. The fourth-order valence-electron chi connectivity index (χ4n) is 1.89. The number of hydrogen-bond donors (Lipinski definition) is 1. The molecular weight excluding hydrogens is 279 g/mol. The number of thiocarbonyl (C=S) groups is 1. The third kappa shape index (κ3) is 2.67. The molecule has 1 aromatic heterocycles. The molecule has 0 saturated heterocycles. The van der Waals surface area contributed by atoms with Gasteiger partial charge in [0.1, 0.15) is 5.82 Å². The topological polar surface area (TPSA) is 64.2 Å². The highest BCUT2D eigenvalue weighted by Crippen LogP contribution is 2.19. The van der Waals surface area contributed by atoms with E-state index in [1.165, 1.54) is 22.9 Å². The van der Waals surface area contributed by atoms with Crippen molar-refractivity contribution < 1.29 is 9.18 Å². The van der Waals surface area contributed by atoms with Crippen LogP contribution >= 0.6 is 12.2 Å². The van der Waals surface area contributed by atoms with E-state index in [9.17, 15) is 9.18 Å². The summed E-state index contributed by atoms with van der Waals surface area (Å²) in [6, 6.07) is 5.52. The summed E-state index contributed by atoms with van der Waals surface area (Å²) in [7, 11) is 1.71. The number of nitrogens with two attached hydrogens (primary N) is 1. The second-order valence-electron chi connectivity index (χ2n) is 4.26. The van der Waals surface area contributed by atoms with Gasteiger partial charge in [0.15, 0.2) is 5.11 Å². The van der Waals surface area contributed by atoms with Crippen molar-refractivity contribution in [2.24, 2.45) is 12.8 Å². The number of aromatic nitrogens is 2. The van der Waals surface area contributed by atoms with Gasteiger partial charge in [-0.05, 0) is 37.3 Å². The molecule has 0 radical (unpaired) electrons. The predicted molar refractivity (Wildman–Crippen MR) is 77.9 cm³/mol. The molecule has 2 rings (SSSR count). The van der Waals surface area contributed by atoms with E-state index in [2.05, 4.69) is 5.10 Å². The first kappa shape index (κ1) is 14.1. The number of carbonyl (C=O) groups is 1. The van der Waals surface area contributed by atoms with E-state index in [1.807, 2.05) is 0 Å². The molecule has 0 spiro atoms. The van der Waals surface area contributed by atoms with Gasteiger partial charge in [-0.1, -0.05) is 6.07 Å². The van der Waals surface area contributed by atoms with Gasteiger partial charge < -0.3 is 5.73 Å². The number of benzene rings is 1. The van der Waals surface area contributed by atoms with Crippen LogP contribution in [0.25, 0.3) is 0 Å². The number of halogens is 1. The minimum atomic E-state index is -0.473. The third-order valence-electron chi connectivity index (χ3n) is 2.73. The van der Waals surface area contributed by atoms with Crippen molar-refractivity contribution in [1.29, 1.82) is 0 Å². The number of hydrogen-bond acceptors (Lipinski definition) is 3. The second kappa shape index (κ2) is 5.38. The summed E-state index contributed by atoms with van der Waals surface area (Å²) < 4.78 is 14.8. The summed E-state index contributed by atoms with van der Waals surface area (Å²) in [4.78, 5) is 13.6. The van der Waals surface area contributed by atoms with E-state index in [4.69, 9.17) is 18.0 Å². The zero-order valence-corrected chi connectivity index (χ0v) is 11.8. The molecule has 0 unspecified atom stereocenters. The molecule has 0 aliphatic heterocycles. The lowest BCUT2D eigenvalue weighted by molar-refractivity contribution is 0.100. The Hall–Kier alpha value is -2.28. The maximum absolute atomic E-state index is 13.3. The van der Waals surface area contributed by atoms with E-state index in [0.29, 0.717) is 11.3 Å². The summed E-state index contributed by atoms with van der Waals surface area (Å²) in [5.41, 5.74) is 6.80. The average molecular weight is 292 g/mol. The van der Waals surface area contributed by atoms with E-state index in [1.54, 1.807) is 26.2 Å².